The molecule has 0 aromatic heterocycles. The second kappa shape index (κ2) is 8.23. The predicted molar refractivity (Wildman–Crippen MR) is 50.6 cm³/mol. The average molecular weight is 195 g/mol. The highest BCUT2D eigenvalue weighted by atomic mass is 33.1. The lowest BCUT2D eigenvalue weighted by Gasteiger charge is -1.98. The first-order chi connectivity index (χ1) is 5.31. The fourth-order valence-corrected chi connectivity index (χ4v) is 2.22. The third kappa shape index (κ3) is 8.03. The van der Waals surface area contributed by atoms with E-state index in [1.165, 1.54) is 7.11 Å². The molecule has 5 heteroatoms. The topological polar surface area (TPSA) is 52.3 Å². The lowest BCUT2D eigenvalue weighted by atomic mass is 10.5. The van der Waals surface area contributed by atoms with Gasteiger partial charge in [-0.25, -0.2) is 0 Å². The largest absolute Gasteiger partial charge is 0.469 e. The highest BCUT2D eigenvalue weighted by Gasteiger charge is 1.98. The zero-order valence-corrected chi connectivity index (χ0v) is 8.17. The van der Waals surface area contributed by atoms with Crippen molar-refractivity contribution in [2.24, 2.45) is 5.73 Å². The van der Waals surface area contributed by atoms with E-state index in [4.69, 9.17) is 5.73 Å². The molecule has 0 aliphatic rings. The van der Waals surface area contributed by atoms with Gasteiger partial charge in [0.05, 0.1) is 13.5 Å². The molecule has 0 atom stereocenters. The SMILES string of the molecule is COC(=O)CCSSCCN. The second-order valence-corrected chi connectivity index (χ2v) is 4.46. The van der Waals surface area contributed by atoms with Gasteiger partial charge in [0.1, 0.15) is 0 Å². The Balaban J connectivity index is 2.95. The summed E-state index contributed by atoms with van der Waals surface area (Å²) in [5.41, 5.74) is 5.27. The first-order valence-electron chi connectivity index (χ1n) is 3.32. The molecule has 0 heterocycles. The fourth-order valence-electron chi connectivity index (χ4n) is 0.393. The van der Waals surface area contributed by atoms with Crippen molar-refractivity contribution in [3.63, 3.8) is 0 Å². The lowest BCUT2D eigenvalue weighted by Crippen LogP contribution is -2.02. The first kappa shape index (κ1) is 11.1. The average Bonchev–Trinajstić information content (AvgIpc) is 2.04. The van der Waals surface area contributed by atoms with Gasteiger partial charge in [0.2, 0.25) is 0 Å². The zero-order chi connectivity index (χ0) is 8.53. The molecule has 0 fully saturated rings. The van der Waals surface area contributed by atoms with E-state index < -0.39 is 0 Å². The van der Waals surface area contributed by atoms with Gasteiger partial charge < -0.3 is 10.5 Å². The molecule has 0 radical (unpaired) electrons. The molecule has 0 aromatic rings. The molecule has 0 saturated heterocycles. The maximum absolute atomic E-state index is 10.6. The van der Waals surface area contributed by atoms with Crippen molar-refractivity contribution in [3.8, 4) is 0 Å². The van der Waals surface area contributed by atoms with E-state index in [-0.39, 0.29) is 5.97 Å². The smallest absolute Gasteiger partial charge is 0.306 e. The van der Waals surface area contributed by atoms with Crippen molar-refractivity contribution >= 4 is 27.6 Å². The summed E-state index contributed by atoms with van der Waals surface area (Å²) in [7, 11) is 4.75. The molecule has 0 spiro atoms. The quantitative estimate of drug-likeness (QED) is 0.387. The Kier molecular flexibility index (Phi) is 8.33. The molecule has 66 valence electrons. The van der Waals surface area contributed by atoms with Crippen LogP contribution in [0.25, 0.3) is 0 Å². The van der Waals surface area contributed by atoms with E-state index >= 15 is 0 Å². The number of rotatable bonds is 6. The predicted octanol–water partition coefficient (Wildman–Crippen LogP) is 0.890. The number of esters is 1. The molecule has 3 nitrogen and oxygen atoms in total. The minimum atomic E-state index is -0.147. The minimum absolute atomic E-state index is 0.147. The molecule has 0 aromatic carbocycles. The monoisotopic (exact) mass is 195 g/mol. The minimum Gasteiger partial charge on any atom is -0.469 e. The van der Waals surface area contributed by atoms with Crippen LogP contribution in [0.15, 0.2) is 0 Å². The molecule has 0 aliphatic heterocycles. The molecular weight excluding hydrogens is 182 g/mol. The molecule has 0 amide bonds. The summed E-state index contributed by atoms with van der Waals surface area (Å²) in [6.07, 6.45) is 0.485. The highest BCUT2D eigenvalue weighted by molar-refractivity contribution is 8.76. The van der Waals surface area contributed by atoms with Gasteiger partial charge in [0.25, 0.3) is 0 Å². The van der Waals surface area contributed by atoms with Crippen LogP contribution in [0.3, 0.4) is 0 Å². The van der Waals surface area contributed by atoms with Crippen LogP contribution in [-0.4, -0.2) is 31.1 Å². The van der Waals surface area contributed by atoms with Crippen LogP contribution in [-0.2, 0) is 9.53 Å². The van der Waals surface area contributed by atoms with E-state index in [0.717, 1.165) is 11.5 Å². The lowest BCUT2D eigenvalue weighted by molar-refractivity contribution is -0.140. The zero-order valence-electron chi connectivity index (χ0n) is 6.54. The molecule has 0 bridgehead atoms. The maximum Gasteiger partial charge on any atom is 0.306 e. The van der Waals surface area contributed by atoms with E-state index in [1.54, 1.807) is 21.6 Å². The van der Waals surface area contributed by atoms with Crippen LogP contribution in [0.2, 0.25) is 0 Å². The molecule has 0 unspecified atom stereocenters. The van der Waals surface area contributed by atoms with Gasteiger partial charge in [0.15, 0.2) is 0 Å². The Labute approximate surface area is 74.8 Å². The van der Waals surface area contributed by atoms with E-state index in [9.17, 15) is 4.79 Å². The van der Waals surface area contributed by atoms with Crippen molar-refractivity contribution in [1.82, 2.24) is 0 Å². The van der Waals surface area contributed by atoms with Crippen LogP contribution in [0.1, 0.15) is 6.42 Å². The van der Waals surface area contributed by atoms with Gasteiger partial charge in [-0.15, -0.1) is 0 Å². The van der Waals surface area contributed by atoms with Gasteiger partial charge in [-0.05, 0) is 0 Å². The summed E-state index contributed by atoms with van der Waals surface area (Å²) < 4.78 is 4.47. The summed E-state index contributed by atoms with van der Waals surface area (Å²) in [5, 5.41) is 0. The first-order valence-corrected chi connectivity index (χ1v) is 5.81. The molecule has 0 aliphatic carbocycles. The number of ether oxygens (including phenoxy) is 1. The van der Waals surface area contributed by atoms with Crippen molar-refractivity contribution < 1.29 is 9.53 Å². The van der Waals surface area contributed by atoms with Crippen molar-refractivity contribution in [1.29, 1.82) is 0 Å². The number of hydrogen-bond acceptors (Lipinski definition) is 5. The third-order valence-corrected chi connectivity index (χ3v) is 3.34. The van der Waals surface area contributed by atoms with E-state index in [2.05, 4.69) is 4.74 Å². The van der Waals surface area contributed by atoms with Crippen LogP contribution < -0.4 is 5.73 Å². The Morgan fingerprint density at radius 2 is 2.09 bits per heavy atom. The summed E-state index contributed by atoms with van der Waals surface area (Å²) >= 11 is 0. The normalized spacial score (nSPS) is 9.64. The Hall–Kier alpha value is 0.130. The number of nitrogens with two attached hydrogens (primary N) is 1. The number of hydrogen-bond donors (Lipinski definition) is 1. The number of methoxy groups -OCH3 is 1. The van der Waals surface area contributed by atoms with Crippen molar-refractivity contribution in [2.75, 3.05) is 25.2 Å². The summed E-state index contributed by atoms with van der Waals surface area (Å²) in [6.45, 7) is 0.690. The fraction of sp³-hybridized carbons (Fsp3) is 0.833. The van der Waals surface area contributed by atoms with Gasteiger partial charge in [0, 0.05) is 18.1 Å². The number of carbonyl (C=O) groups excluding carboxylic acids is 1. The molecular formula is C6H13NO2S2. The van der Waals surface area contributed by atoms with Crippen LogP contribution >= 0.6 is 21.6 Å². The van der Waals surface area contributed by atoms with E-state index in [0.29, 0.717) is 13.0 Å². The summed E-state index contributed by atoms with van der Waals surface area (Å²) in [5.74, 6) is 1.59. The van der Waals surface area contributed by atoms with Gasteiger partial charge in [-0.2, -0.15) is 0 Å². The van der Waals surface area contributed by atoms with Gasteiger partial charge in [-0.3, -0.25) is 4.79 Å². The van der Waals surface area contributed by atoms with Crippen molar-refractivity contribution in [3.05, 3.63) is 0 Å². The summed E-state index contributed by atoms with van der Waals surface area (Å²) in [4.78, 5) is 10.6. The maximum atomic E-state index is 10.6. The highest BCUT2D eigenvalue weighted by Crippen LogP contribution is 2.20. The molecule has 0 saturated carbocycles. The Bertz CT molecular complexity index is 111. The van der Waals surface area contributed by atoms with Gasteiger partial charge >= 0.3 is 5.97 Å². The van der Waals surface area contributed by atoms with Crippen molar-refractivity contribution in [2.45, 2.75) is 6.42 Å². The Morgan fingerprint density at radius 1 is 1.45 bits per heavy atom. The standard InChI is InChI=1S/C6H13NO2S2/c1-9-6(8)2-4-10-11-5-3-7/h2-5,7H2,1H3. The molecule has 0 rings (SSSR count). The van der Waals surface area contributed by atoms with E-state index in [1.807, 2.05) is 0 Å². The van der Waals surface area contributed by atoms with Crippen LogP contribution in [0, 0.1) is 0 Å². The second-order valence-electron chi connectivity index (χ2n) is 1.76. The number of carbonyl (C=O) groups is 1. The summed E-state index contributed by atoms with van der Waals surface area (Å²) in [6, 6.07) is 0. The van der Waals surface area contributed by atoms with Gasteiger partial charge in [-0.1, -0.05) is 21.6 Å². The molecule has 11 heavy (non-hydrogen) atoms. The Morgan fingerprint density at radius 3 is 2.64 bits per heavy atom. The van der Waals surface area contributed by atoms with Crippen LogP contribution in [0.4, 0.5) is 0 Å². The third-order valence-electron chi connectivity index (χ3n) is 0.902. The molecule has 2 N–H and O–H groups in total. The van der Waals surface area contributed by atoms with Crippen LogP contribution in [0.5, 0.6) is 0 Å².